The normalized spacial score (nSPS) is 12.4. The molecule has 0 amide bonds. The van der Waals surface area contributed by atoms with Crippen LogP contribution in [-0.4, -0.2) is 38.7 Å². The maximum atomic E-state index is 12.4. The minimum atomic E-state index is -3.85. The zero-order valence-electron chi connectivity index (χ0n) is 12.2. The van der Waals surface area contributed by atoms with Crippen LogP contribution >= 0.6 is 15.9 Å². The molecule has 6 nitrogen and oxygen atoms in total. The minimum absolute atomic E-state index is 0.0641. The number of hydrogen-bond acceptors (Lipinski definition) is 4. The lowest BCUT2D eigenvalue weighted by Crippen LogP contribution is -2.39. The van der Waals surface area contributed by atoms with Crippen molar-refractivity contribution >= 4 is 31.9 Å². The van der Waals surface area contributed by atoms with Crippen LogP contribution in [0.2, 0.25) is 0 Å². The van der Waals surface area contributed by atoms with Gasteiger partial charge in [0.1, 0.15) is 0 Å². The molecule has 0 atom stereocenters. The predicted molar refractivity (Wildman–Crippen MR) is 82.1 cm³/mol. The summed E-state index contributed by atoms with van der Waals surface area (Å²) >= 11 is 3.19. The van der Waals surface area contributed by atoms with Gasteiger partial charge in [-0.2, -0.15) is 0 Å². The van der Waals surface area contributed by atoms with E-state index in [4.69, 9.17) is 9.84 Å². The number of rotatable bonds is 6. The Morgan fingerprint density at radius 2 is 2.00 bits per heavy atom. The van der Waals surface area contributed by atoms with Gasteiger partial charge in [0, 0.05) is 18.1 Å². The van der Waals surface area contributed by atoms with Crippen LogP contribution in [0.4, 0.5) is 0 Å². The summed E-state index contributed by atoms with van der Waals surface area (Å²) in [4.78, 5) is 11.0. The Balaban J connectivity index is 3.22. The number of nitrogens with one attached hydrogen (secondary N) is 1. The first-order valence-electron chi connectivity index (χ1n) is 6.08. The zero-order chi connectivity index (χ0) is 16.4. The van der Waals surface area contributed by atoms with Crippen molar-refractivity contribution in [2.24, 2.45) is 0 Å². The van der Waals surface area contributed by atoms with Gasteiger partial charge in [-0.15, -0.1) is 0 Å². The lowest BCUT2D eigenvalue weighted by molar-refractivity contribution is 0.0276. The van der Waals surface area contributed by atoms with Crippen LogP contribution in [0.3, 0.4) is 0 Å². The highest BCUT2D eigenvalue weighted by atomic mass is 79.9. The molecule has 0 radical (unpaired) electrons. The summed E-state index contributed by atoms with van der Waals surface area (Å²) in [6.07, 6.45) is 0. The highest BCUT2D eigenvalue weighted by Crippen LogP contribution is 2.27. The second-order valence-corrected chi connectivity index (χ2v) is 7.73. The predicted octanol–water partition coefficient (Wildman–Crippen LogP) is 2.16. The highest BCUT2D eigenvalue weighted by Gasteiger charge is 2.25. The van der Waals surface area contributed by atoms with Crippen LogP contribution in [0, 0.1) is 6.92 Å². The number of carbonyl (C=O) groups is 1. The molecule has 1 aromatic rings. The number of hydrogen-bond donors (Lipinski definition) is 2. The molecule has 2 N–H and O–H groups in total. The number of aromatic carboxylic acids is 1. The van der Waals surface area contributed by atoms with E-state index in [-0.39, 0.29) is 17.0 Å². The Hall–Kier alpha value is -0.960. The molecule has 21 heavy (non-hydrogen) atoms. The van der Waals surface area contributed by atoms with Gasteiger partial charge in [-0.1, -0.05) is 0 Å². The van der Waals surface area contributed by atoms with Crippen molar-refractivity contribution in [1.82, 2.24) is 4.72 Å². The van der Waals surface area contributed by atoms with Crippen LogP contribution in [0.5, 0.6) is 0 Å². The fraction of sp³-hybridized carbons (Fsp3) is 0.462. The Morgan fingerprint density at radius 1 is 1.43 bits per heavy atom. The monoisotopic (exact) mass is 379 g/mol. The number of sulfonamides is 1. The van der Waals surface area contributed by atoms with Gasteiger partial charge in [-0.3, -0.25) is 0 Å². The van der Waals surface area contributed by atoms with Crippen molar-refractivity contribution < 1.29 is 23.1 Å². The third-order valence-electron chi connectivity index (χ3n) is 3.00. The van der Waals surface area contributed by atoms with Gasteiger partial charge in [0.05, 0.1) is 16.1 Å². The molecule has 0 heterocycles. The van der Waals surface area contributed by atoms with Crippen LogP contribution in [0.15, 0.2) is 21.5 Å². The van der Waals surface area contributed by atoms with Gasteiger partial charge in [0.25, 0.3) is 0 Å². The van der Waals surface area contributed by atoms with Crippen molar-refractivity contribution in [3.05, 3.63) is 27.7 Å². The Morgan fingerprint density at radius 3 is 2.48 bits per heavy atom. The Bertz CT molecular complexity index is 655. The second kappa shape index (κ2) is 6.43. The number of carboxylic acid groups (broad SMARTS) is 1. The molecular formula is C13H18BrNO5S. The molecule has 1 rings (SSSR count). The number of halogens is 1. The number of benzene rings is 1. The molecule has 1 aromatic carbocycles. The quantitative estimate of drug-likeness (QED) is 0.789. The van der Waals surface area contributed by atoms with E-state index >= 15 is 0 Å². The van der Waals surface area contributed by atoms with Crippen molar-refractivity contribution in [3.63, 3.8) is 0 Å². The van der Waals surface area contributed by atoms with E-state index in [2.05, 4.69) is 20.7 Å². The van der Waals surface area contributed by atoms with Crippen LogP contribution in [0.1, 0.15) is 29.8 Å². The molecule has 118 valence electrons. The molecule has 0 bridgehead atoms. The molecule has 0 spiro atoms. The number of carboxylic acids is 1. The summed E-state index contributed by atoms with van der Waals surface area (Å²) < 4.78 is 32.6. The molecule has 8 heteroatoms. The topological polar surface area (TPSA) is 92.7 Å². The first-order chi connectivity index (χ1) is 9.50. The Kier molecular flexibility index (Phi) is 5.54. The van der Waals surface area contributed by atoms with E-state index < -0.39 is 21.6 Å². The van der Waals surface area contributed by atoms with E-state index in [0.29, 0.717) is 10.0 Å². The van der Waals surface area contributed by atoms with Crippen LogP contribution in [-0.2, 0) is 14.8 Å². The summed E-state index contributed by atoms with van der Waals surface area (Å²) in [7, 11) is -2.37. The summed E-state index contributed by atoms with van der Waals surface area (Å²) in [5.41, 5.74) is -0.220. The minimum Gasteiger partial charge on any atom is -0.478 e. The fourth-order valence-corrected chi connectivity index (χ4v) is 3.72. The molecule has 0 aromatic heterocycles. The SMILES string of the molecule is COC(C)(C)CNS(=O)(=O)c1cc(C(=O)O)cc(C)c1Br. The van der Waals surface area contributed by atoms with Crippen molar-refractivity contribution in [2.45, 2.75) is 31.3 Å². The molecular weight excluding hydrogens is 362 g/mol. The second-order valence-electron chi connectivity index (χ2n) is 5.20. The maximum absolute atomic E-state index is 12.4. The van der Waals surface area contributed by atoms with Gasteiger partial charge in [-0.05, 0) is 54.4 Å². The van der Waals surface area contributed by atoms with E-state index in [1.807, 2.05) is 0 Å². The number of methoxy groups -OCH3 is 1. The van der Waals surface area contributed by atoms with E-state index in [1.165, 1.54) is 13.2 Å². The summed E-state index contributed by atoms with van der Waals surface area (Å²) in [6, 6.07) is 2.53. The summed E-state index contributed by atoms with van der Waals surface area (Å²) in [5, 5.41) is 9.04. The molecule has 0 fully saturated rings. The van der Waals surface area contributed by atoms with Gasteiger partial charge in [0.15, 0.2) is 0 Å². The molecule has 0 unspecified atom stereocenters. The van der Waals surface area contributed by atoms with Crippen molar-refractivity contribution in [3.8, 4) is 0 Å². The van der Waals surface area contributed by atoms with Crippen LogP contribution < -0.4 is 4.72 Å². The van der Waals surface area contributed by atoms with Crippen molar-refractivity contribution in [2.75, 3.05) is 13.7 Å². The molecule has 0 saturated heterocycles. The van der Waals surface area contributed by atoms with Gasteiger partial charge in [0.2, 0.25) is 10.0 Å². The summed E-state index contributed by atoms with van der Waals surface area (Å²) in [6.45, 7) is 5.18. The zero-order valence-corrected chi connectivity index (χ0v) is 14.6. The van der Waals surface area contributed by atoms with Gasteiger partial charge >= 0.3 is 5.97 Å². The maximum Gasteiger partial charge on any atom is 0.335 e. The third kappa shape index (κ3) is 4.50. The first kappa shape index (κ1) is 18.1. The lowest BCUT2D eigenvalue weighted by atomic mass is 10.1. The number of ether oxygens (including phenoxy) is 1. The smallest absolute Gasteiger partial charge is 0.335 e. The third-order valence-corrected chi connectivity index (χ3v) is 5.74. The average Bonchev–Trinajstić information content (AvgIpc) is 2.39. The molecule has 0 aliphatic rings. The van der Waals surface area contributed by atoms with Crippen LogP contribution in [0.25, 0.3) is 0 Å². The van der Waals surface area contributed by atoms with E-state index in [1.54, 1.807) is 20.8 Å². The molecule has 0 saturated carbocycles. The first-order valence-corrected chi connectivity index (χ1v) is 8.36. The van der Waals surface area contributed by atoms with Gasteiger partial charge < -0.3 is 9.84 Å². The fourth-order valence-electron chi connectivity index (χ4n) is 1.47. The summed E-state index contributed by atoms with van der Waals surface area (Å²) in [5.74, 6) is -1.18. The Labute approximate surface area is 132 Å². The van der Waals surface area contributed by atoms with E-state index in [0.717, 1.165) is 6.07 Å². The lowest BCUT2D eigenvalue weighted by Gasteiger charge is -2.23. The molecule has 0 aliphatic carbocycles. The largest absolute Gasteiger partial charge is 0.478 e. The van der Waals surface area contributed by atoms with Crippen molar-refractivity contribution in [1.29, 1.82) is 0 Å². The average molecular weight is 380 g/mol. The molecule has 0 aliphatic heterocycles. The highest BCUT2D eigenvalue weighted by molar-refractivity contribution is 9.10. The number of aryl methyl sites for hydroxylation is 1. The van der Waals surface area contributed by atoms with E-state index in [9.17, 15) is 13.2 Å². The van der Waals surface area contributed by atoms with Gasteiger partial charge in [-0.25, -0.2) is 17.9 Å². The standard InChI is InChI=1S/C13H18BrNO5S/c1-8-5-9(12(16)17)6-10(11(8)14)21(18,19)15-7-13(2,3)20-4/h5-6,15H,7H2,1-4H3,(H,16,17).